The molecule has 1 heteroatoms. The lowest BCUT2D eigenvalue weighted by Crippen LogP contribution is -2.48. The highest BCUT2D eigenvalue weighted by Gasteiger charge is 2.31. The maximum atomic E-state index is 2.86. The molecular formula is C21H43N. The van der Waals surface area contributed by atoms with E-state index in [1.165, 1.54) is 109 Å². The van der Waals surface area contributed by atoms with Gasteiger partial charge in [-0.25, -0.2) is 0 Å². The van der Waals surface area contributed by atoms with Crippen molar-refractivity contribution in [2.75, 3.05) is 13.1 Å². The molecule has 0 spiro atoms. The predicted molar refractivity (Wildman–Crippen MR) is 101 cm³/mol. The molecule has 0 saturated carbocycles. The minimum absolute atomic E-state index is 0.499. The predicted octanol–water partition coefficient (Wildman–Crippen LogP) is 6.95. The average molecular weight is 310 g/mol. The Labute approximate surface area is 141 Å². The summed E-state index contributed by atoms with van der Waals surface area (Å²) in [7, 11) is 0. The number of hydrogen-bond donors (Lipinski definition) is 0. The number of rotatable bonds is 13. The zero-order valence-electron chi connectivity index (χ0n) is 16.0. The van der Waals surface area contributed by atoms with Crippen LogP contribution in [-0.2, 0) is 0 Å². The van der Waals surface area contributed by atoms with Gasteiger partial charge in [-0.15, -0.1) is 0 Å². The SMILES string of the molecule is CCCCCCCC(C)(CCCCCCC)N1CCCCC1. The van der Waals surface area contributed by atoms with Gasteiger partial charge in [0, 0.05) is 5.54 Å². The number of unbranched alkanes of at least 4 members (excludes halogenated alkanes) is 8. The average Bonchev–Trinajstić information content (AvgIpc) is 2.55. The van der Waals surface area contributed by atoms with Gasteiger partial charge in [0.2, 0.25) is 0 Å². The topological polar surface area (TPSA) is 3.24 Å². The molecule has 0 aromatic heterocycles. The maximum Gasteiger partial charge on any atom is 0.0181 e. The molecule has 1 fully saturated rings. The molecule has 1 rings (SSSR count). The van der Waals surface area contributed by atoms with E-state index in [4.69, 9.17) is 0 Å². The normalized spacial score (nSPS) is 17.0. The molecule has 1 aliphatic rings. The second-order valence-electron chi connectivity index (χ2n) is 7.87. The largest absolute Gasteiger partial charge is 0.298 e. The Bertz CT molecular complexity index is 228. The van der Waals surface area contributed by atoms with Crippen molar-refractivity contribution in [1.82, 2.24) is 4.90 Å². The van der Waals surface area contributed by atoms with Crippen LogP contribution in [0.4, 0.5) is 0 Å². The summed E-state index contributed by atoms with van der Waals surface area (Å²) < 4.78 is 0. The number of piperidine rings is 1. The molecule has 0 atom stereocenters. The quantitative estimate of drug-likeness (QED) is 0.333. The van der Waals surface area contributed by atoms with Crippen LogP contribution in [0, 0.1) is 0 Å². The molecule has 1 saturated heterocycles. The smallest absolute Gasteiger partial charge is 0.0181 e. The zero-order valence-corrected chi connectivity index (χ0v) is 16.0. The van der Waals surface area contributed by atoms with Crippen molar-refractivity contribution in [3.8, 4) is 0 Å². The molecule has 1 heterocycles. The fourth-order valence-corrected chi connectivity index (χ4v) is 4.09. The Hall–Kier alpha value is -0.0400. The second kappa shape index (κ2) is 12.4. The van der Waals surface area contributed by atoms with Gasteiger partial charge in [-0.05, 0) is 45.7 Å². The highest BCUT2D eigenvalue weighted by atomic mass is 15.2. The highest BCUT2D eigenvalue weighted by molar-refractivity contribution is 4.87. The summed E-state index contributed by atoms with van der Waals surface area (Å²) in [6, 6.07) is 0. The van der Waals surface area contributed by atoms with Crippen molar-refractivity contribution in [3.63, 3.8) is 0 Å². The van der Waals surface area contributed by atoms with Crippen molar-refractivity contribution >= 4 is 0 Å². The molecule has 0 aromatic carbocycles. The summed E-state index contributed by atoms with van der Waals surface area (Å²) in [5.74, 6) is 0. The first kappa shape index (κ1) is 20.0. The van der Waals surface area contributed by atoms with Gasteiger partial charge in [-0.1, -0.05) is 84.5 Å². The zero-order chi connectivity index (χ0) is 16.1. The third-order valence-corrected chi connectivity index (χ3v) is 5.76. The number of nitrogens with zero attached hydrogens (tertiary/aromatic N) is 1. The Balaban J connectivity index is 2.37. The molecule has 0 unspecified atom stereocenters. The van der Waals surface area contributed by atoms with E-state index in [9.17, 15) is 0 Å². The summed E-state index contributed by atoms with van der Waals surface area (Å²) in [6.07, 6.45) is 21.5. The lowest BCUT2D eigenvalue weighted by molar-refractivity contribution is 0.0606. The van der Waals surface area contributed by atoms with E-state index < -0.39 is 0 Å². The van der Waals surface area contributed by atoms with Gasteiger partial charge >= 0.3 is 0 Å². The van der Waals surface area contributed by atoms with E-state index in [2.05, 4.69) is 25.7 Å². The standard InChI is InChI=1S/C21H43N/c1-4-6-8-10-13-17-21(3,18-14-11-9-7-5-2)22-19-15-12-16-20-22/h4-20H2,1-3H3. The first-order chi connectivity index (χ1) is 10.7. The van der Waals surface area contributed by atoms with Gasteiger partial charge in [0.25, 0.3) is 0 Å². The van der Waals surface area contributed by atoms with Crippen molar-refractivity contribution in [1.29, 1.82) is 0 Å². The molecular weight excluding hydrogens is 266 g/mol. The van der Waals surface area contributed by atoms with Gasteiger partial charge in [-0.3, -0.25) is 4.90 Å². The van der Waals surface area contributed by atoms with Gasteiger partial charge in [-0.2, -0.15) is 0 Å². The number of likely N-dealkylation sites (tertiary alicyclic amines) is 1. The fourth-order valence-electron chi connectivity index (χ4n) is 4.09. The minimum Gasteiger partial charge on any atom is -0.298 e. The molecule has 22 heavy (non-hydrogen) atoms. The van der Waals surface area contributed by atoms with Crippen LogP contribution in [-0.4, -0.2) is 23.5 Å². The monoisotopic (exact) mass is 309 g/mol. The highest BCUT2D eigenvalue weighted by Crippen LogP contribution is 2.31. The van der Waals surface area contributed by atoms with Crippen molar-refractivity contribution in [2.24, 2.45) is 0 Å². The van der Waals surface area contributed by atoms with Crippen LogP contribution in [0.1, 0.15) is 117 Å². The van der Waals surface area contributed by atoms with Crippen LogP contribution in [0.3, 0.4) is 0 Å². The summed E-state index contributed by atoms with van der Waals surface area (Å²) in [5, 5.41) is 0. The first-order valence-electron chi connectivity index (χ1n) is 10.5. The van der Waals surface area contributed by atoms with E-state index in [0.29, 0.717) is 5.54 Å². The molecule has 132 valence electrons. The summed E-state index contributed by atoms with van der Waals surface area (Å²) >= 11 is 0. The van der Waals surface area contributed by atoms with E-state index in [1.54, 1.807) is 0 Å². The van der Waals surface area contributed by atoms with Crippen LogP contribution in [0.15, 0.2) is 0 Å². The fraction of sp³-hybridized carbons (Fsp3) is 1.00. The number of hydrogen-bond acceptors (Lipinski definition) is 1. The Morgan fingerprint density at radius 1 is 0.636 bits per heavy atom. The summed E-state index contributed by atoms with van der Waals surface area (Å²) in [6.45, 7) is 9.93. The molecule has 0 aliphatic carbocycles. The molecule has 1 nitrogen and oxygen atoms in total. The van der Waals surface area contributed by atoms with Gasteiger partial charge in [0.05, 0.1) is 0 Å². The van der Waals surface area contributed by atoms with Crippen LogP contribution < -0.4 is 0 Å². The molecule has 0 bridgehead atoms. The van der Waals surface area contributed by atoms with Crippen LogP contribution in [0.2, 0.25) is 0 Å². The summed E-state index contributed by atoms with van der Waals surface area (Å²) in [4.78, 5) is 2.86. The summed E-state index contributed by atoms with van der Waals surface area (Å²) in [5.41, 5.74) is 0.499. The lowest BCUT2D eigenvalue weighted by atomic mass is 9.85. The van der Waals surface area contributed by atoms with Crippen molar-refractivity contribution in [3.05, 3.63) is 0 Å². The van der Waals surface area contributed by atoms with E-state index in [-0.39, 0.29) is 0 Å². The second-order valence-corrected chi connectivity index (χ2v) is 7.87. The third-order valence-electron chi connectivity index (χ3n) is 5.76. The Kier molecular flexibility index (Phi) is 11.3. The van der Waals surface area contributed by atoms with E-state index in [0.717, 1.165) is 0 Å². The van der Waals surface area contributed by atoms with Crippen LogP contribution >= 0.6 is 0 Å². The third kappa shape index (κ3) is 7.99. The van der Waals surface area contributed by atoms with Gasteiger partial charge < -0.3 is 0 Å². The van der Waals surface area contributed by atoms with Crippen molar-refractivity contribution < 1.29 is 0 Å². The molecule has 1 aliphatic heterocycles. The molecule has 0 aromatic rings. The maximum absolute atomic E-state index is 2.86. The molecule has 0 N–H and O–H groups in total. The van der Waals surface area contributed by atoms with Crippen molar-refractivity contribution in [2.45, 2.75) is 123 Å². The van der Waals surface area contributed by atoms with E-state index in [1.807, 2.05) is 0 Å². The van der Waals surface area contributed by atoms with Crippen LogP contribution in [0.5, 0.6) is 0 Å². The van der Waals surface area contributed by atoms with Gasteiger partial charge in [0.1, 0.15) is 0 Å². The first-order valence-corrected chi connectivity index (χ1v) is 10.5. The van der Waals surface area contributed by atoms with Crippen LogP contribution in [0.25, 0.3) is 0 Å². The Morgan fingerprint density at radius 2 is 1.09 bits per heavy atom. The lowest BCUT2D eigenvalue weighted by Gasteiger charge is -2.44. The minimum atomic E-state index is 0.499. The van der Waals surface area contributed by atoms with Gasteiger partial charge in [0.15, 0.2) is 0 Å². The molecule has 0 radical (unpaired) electrons. The molecule has 0 amide bonds. The Morgan fingerprint density at radius 3 is 1.55 bits per heavy atom. The van der Waals surface area contributed by atoms with E-state index >= 15 is 0 Å².